The number of nitrogens with zero attached hydrogens (tertiary/aromatic N) is 3. The maximum atomic E-state index is 12.6. The molecule has 0 saturated carbocycles. The van der Waals surface area contributed by atoms with Crippen molar-refractivity contribution in [1.82, 2.24) is 0 Å². The fourth-order valence-corrected chi connectivity index (χ4v) is 3.97. The number of hydrogen-bond acceptors (Lipinski definition) is 6. The van der Waals surface area contributed by atoms with Crippen molar-refractivity contribution in [3.8, 4) is 0 Å². The predicted octanol–water partition coefficient (Wildman–Crippen LogP) is 5.06. The van der Waals surface area contributed by atoms with Crippen LogP contribution in [0.3, 0.4) is 0 Å². The molecule has 0 amide bonds. The first-order valence-corrected chi connectivity index (χ1v) is 9.81. The van der Waals surface area contributed by atoms with Crippen molar-refractivity contribution >= 4 is 28.1 Å². The summed E-state index contributed by atoms with van der Waals surface area (Å²) in [5, 5.41) is 18.8. The van der Waals surface area contributed by atoms with Gasteiger partial charge in [-0.25, -0.2) is 9.80 Å². The second-order valence-corrected chi connectivity index (χ2v) is 7.23. The van der Waals surface area contributed by atoms with E-state index in [9.17, 15) is 14.9 Å². The first-order valence-electron chi connectivity index (χ1n) is 9.81. The smallest absolute Gasteiger partial charge is 0.417 e. The lowest BCUT2D eigenvalue weighted by Crippen LogP contribution is -2.22. The van der Waals surface area contributed by atoms with Crippen LogP contribution in [0, 0.1) is 10.1 Å². The Morgan fingerprint density at radius 1 is 0.935 bits per heavy atom. The third-order valence-corrected chi connectivity index (χ3v) is 5.38. The van der Waals surface area contributed by atoms with Gasteiger partial charge in [0, 0.05) is 6.42 Å². The number of rotatable bonds is 4. The molecule has 0 spiro atoms. The molecule has 7 heteroatoms. The van der Waals surface area contributed by atoms with E-state index in [0.717, 1.165) is 16.8 Å². The van der Waals surface area contributed by atoms with Crippen LogP contribution < -0.4 is 10.6 Å². The van der Waals surface area contributed by atoms with Crippen LogP contribution >= 0.6 is 0 Å². The van der Waals surface area contributed by atoms with Gasteiger partial charge in [0.15, 0.2) is 5.69 Å². The quantitative estimate of drug-likeness (QED) is 0.266. The van der Waals surface area contributed by atoms with E-state index in [1.165, 1.54) is 0 Å². The van der Waals surface area contributed by atoms with Crippen molar-refractivity contribution < 1.29 is 9.34 Å². The van der Waals surface area contributed by atoms with Crippen molar-refractivity contribution in [3.05, 3.63) is 117 Å². The molecule has 1 aromatic heterocycles. The molecule has 0 fully saturated rings. The summed E-state index contributed by atoms with van der Waals surface area (Å²) in [6.45, 7) is 0. The molecule has 1 aliphatic rings. The van der Waals surface area contributed by atoms with Gasteiger partial charge < -0.3 is 4.42 Å². The van der Waals surface area contributed by atoms with Crippen molar-refractivity contribution in [2.75, 3.05) is 5.01 Å². The van der Waals surface area contributed by atoms with E-state index in [1.807, 2.05) is 60.7 Å². The molecule has 5 rings (SSSR count). The Bertz CT molecular complexity index is 1360. The van der Waals surface area contributed by atoms with E-state index in [2.05, 4.69) is 0 Å². The van der Waals surface area contributed by atoms with E-state index in [-0.39, 0.29) is 17.3 Å². The van der Waals surface area contributed by atoms with E-state index in [4.69, 9.17) is 9.52 Å². The van der Waals surface area contributed by atoms with Crippen molar-refractivity contribution in [2.24, 2.45) is 5.10 Å². The van der Waals surface area contributed by atoms with E-state index in [0.29, 0.717) is 11.8 Å². The number of hydrogen-bond donors (Lipinski definition) is 0. The van der Waals surface area contributed by atoms with Gasteiger partial charge in [-0.2, -0.15) is 5.10 Å². The molecule has 1 aliphatic heterocycles. The minimum absolute atomic E-state index is 0.150. The fourth-order valence-electron chi connectivity index (χ4n) is 3.97. The van der Waals surface area contributed by atoms with Crippen molar-refractivity contribution in [3.63, 3.8) is 0 Å². The van der Waals surface area contributed by atoms with Crippen LogP contribution in [0.15, 0.2) is 99.2 Å². The largest absolute Gasteiger partial charge is 0.418 e. The SMILES string of the molecule is O=c1oc2ccccc2c(N2N=C(c3ccccc3)CC2c2ccccc2)c1[N+](=O)[O-]. The Balaban J connectivity index is 1.79. The van der Waals surface area contributed by atoms with Gasteiger partial charge in [-0.1, -0.05) is 72.8 Å². The molecule has 3 aromatic carbocycles. The Morgan fingerprint density at radius 3 is 2.29 bits per heavy atom. The lowest BCUT2D eigenvalue weighted by molar-refractivity contribution is -0.386. The summed E-state index contributed by atoms with van der Waals surface area (Å²) in [5.41, 5.74) is 1.50. The molecule has 1 atom stereocenters. The van der Waals surface area contributed by atoms with E-state index in [1.54, 1.807) is 29.3 Å². The van der Waals surface area contributed by atoms with Gasteiger partial charge in [-0.05, 0) is 23.3 Å². The summed E-state index contributed by atoms with van der Waals surface area (Å²) in [6.07, 6.45) is 0.541. The van der Waals surface area contributed by atoms with Crippen LogP contribution in [0.4, 0.5) is 11.4 Å². The highest BCUT2D eigenvalue weighted by Gasteiger charge is 2.37. The summed E-state index contributed by atoms with van der Waals surface area (Å²) < 4.78 is 5.23. The van der Waals surface area contributed by atoms with Crippen LogP contribution in [-0.4, -0.2) is 10.6 Å². The van der Waals surface area contributed by atoms with Gasteiger partial charge in [0.1, 0.15) is 5.58 Å². The molecule has 0 radical (unpaired) electrons. The van der Waals surface area contributed by atoms with Crippen molar-refractivity contribution in [1.29, 1.82) is 0 Å². The Hall–Kier alpha value is -4.26. The minimum atomic E-state index is -0.992. The lowest BCUT2D eigenvalue weighted by atomic mass is 9.98. The topological polar surface area (TPSA) is 89.0 Å². The first-order chi connectivity index (χ1) is 15.1. The van der Waals surface area contributed by atoms with Crippen LogP contribution in [0.5, 0.6) is 0 Å². The number of fused-ring (bicyclic) bond motifs is 1. The maximum Gasteiger partial charge on any atom is 0.417 e. The molecule has 0 bridgehead atoms. The third kappa shape index (κ3) is 3.26. The lowest BCUT2D eigenvalue weighted by Gasteiger charge is -2.24. The average molecular weight is 411 g/mol. The highest BCUT2D eigenvalue weighted by Crippen LogP contribution is 2.43. The zero-order valence-electron chi connectivity index (χ0n) is 16.3. The molecule has 2 heterocycles. The maximum absolute atomic E-state index is 12.6. The molecule has 0 saturated heterocycles. The summed E-state index contributed by atoms with van der Waals surface area (Å²) in [6, 6.07) is 25.8. The highest BCUT2D eigenvalue weighted by molar-refractivity contribution is 6.05. The Morgan fingerprint density at radius 2 is 1.58 bits per heavy atom. The van der Waals surface area contributed by atoms with Gasteiger partial charge in [-0.3, -0.25) is 10.1 Å². The molecular formula is C24H17N3O4. The van der Waals surface area contributed by atoms with Gasteiger partial charge >= 0.3 is 11.3 Å². The summed E-state index contributed by atoms with van der Waals surface area (Å²) in [5.74, 6) is 0. The third-order valence-electron chi connectivity index (χ3n) is 5.38. The van der Waals surface area contributed by atoms with E-state index >= 15 is 0 Å². The Kier molecular flexibility index (Phi) is 4.55. The molecule has 31 heavy (non-hydrogen) atoms. The number of para-hydroxylation sites is 1. The summed E-state index contributed by atoms with van der Waals surface area (Å²) in [7, 11) is 0. The van der Waals surface area contributed by atoms with Crippen molar-refractivity contribution in [2.45, 2.75) is 12.5 Å². The van der Waals surface area contributed by atoms with Gasteiger partial charge in [-0.15, -0.1) is 0 Å². The minimum Gasteiger partial charge on any atom is -0.418 e. The molecule has 1 unspecified atom stereocenters. The first kappa shape index (κ1) is 18.7. The van der Waals surface area contributed by atoms with Crippen LogP contribution in [0.2, 0.25) is 0 Å². The molecule has 0 N–H and O–H groups in total. The zero-order valence-corrected chi connectivity index (χ0v) is 16.3. The van der Waals surface area contributed by atoms with Gasteiger partial charge in [0.25, 0.3) is 0 Å². The normalized spacial score (nSPS) is 15.8. The standard InChI is InChI=1S/C24H17N3O4/c28-24-23(27(29)30)22(18-13-7-8-14-21(18)31-24)26-20(17-11-5-2-6-12-17)15-19(25-26)16-9-3-1-4-10-16/h1-14,20H,15H2. The van der Waals surface area contributed by atoms with Crippen LogP contribution in [-0.2, 0) is 0 Å². The molecule has 7 nitrogen and oxygen atoms in total. The average Bonchev–Trinajstić information content (AvgIpc) is 3.24. The molecule has 152 valence electrons. The van der Waals surface area contributed by atoms with Crippen LogP contribution in [0.25, 0.3) is 11.0 Å². The van der Waals surface area contributed by atoms with Crippen LogP contribution in [0.1, 0.15) is 23.6 Å². The number of hydrazone groups is 1. The fraction of sp³-hybridized carbons (Fsp3) is 0.0833. The second kappa shape index (κ2) is 7.53. The summed E-state index contributed by atoms with van der Waals surface area (Å²) in [4.78, 5) is 23.8. The van der Waals surface area contributed by atoms with E-state index < -0.39 is 16.2 Å². The molecule has 4 aromatic rings. The Labute approximate surface area is 177 Å². The number of benzene rings is 3. The number of anilines is 1. The second-order valence-electron chi connectivity index (χ2n) is 7.23. The zero-order chi connectivity index (χ0) is 21.4. The predicted molar refractivity (Wildman–Crippen MR) is 118 cm³/mol. The number of nitro groups is 1. The molecular weight excluding hydrogens is 394 g/mol. The van der Waals surface area contributed by atoms with Gasteiger partial charge in [0.2, 0.25) is 0 Å². The molecule has 0 aliphatic carbocycles. The van der Waals surface area contributed by atoms with Gasteiger partial charge in [0.05, 0.1) is 22.1 Å². The monoisotopic (exact) mass is 411 g/mol. The highest BCUT2D eigenvalue weighted by atomic mass is 16.6. The summed E-state index contributed by atoms with van der Waals surface area (Å²) >= 11 is 0.